The van der Waals surface area contributed by atoms with Crippen LogP contribution in [0.1, 0.15) is 18.1 Å². The fourth-order valence-electron chi connectivity index (χ4n) is 0.842. The second-order valence-corrected chi connectivity index (χ2v) is 1.98. The Labute approximate surface area is 79.6 Å². The molecule has 1 aromatic carbocycles. The zero-order valence-electron chi connectivity index (χ0n) is 6.13. The van der Waals surface area contributed by atoms with Gasteiger partial charge in [-0.25, -0.2) is 18.6 Å². The van der Waals surface area contributed by atoms with Gasteiger partial charge in [0.05, 0.1) is 0 Å². The number of hydrogen-bond donors (Lipinski definition) is 0. The van der Waals surface area contributed by atoms with Crippen LogP contribution in [-0.4, -0.2) is 6.29 Å². The zero-order valence-corrected chi connectivity index (χ0v) is 7.77. The van der Waals surface area contributed by atoms with E-state index in [1.54, 1.807) is 6.07 Å². The molecular formula is C9H8ORh+. The van der Waals surface area contributed by atoms with Crippen molar-refractivity contribution in [2.75, 3.05) is 0 Å². The number of benzene rings is 1. The molecule has 11 heavy (non-hydrogen) atoms. The number of rotatable bonds is 2. The van der Waals surface area contributed by atoms with Gasteiger partial charge in [-0.3, -0.25) is 11.1 Å². The summed E-state index contributed by atoms with van der Waals surface area (Å²) in [7, 11) is 0. The molecule has 0 aliphatic heterocycles. The van der Waals surface area contributed by atoms with Gasteiger partial charge in [0, 0.05) is 0 Å². The van der Waals surface area contributed by atoms with Gasteiger partial charge >= 0.3 is 19.5 Å². The molecule has 0 fully saturated rings. The van der Waals surface area contributed by atoms with E-state index in [1.807, 2.05) is 37.8 Å². The summed E-state index contributed by atoms with van der Waals surface area (Å²) in [6.45, 7) is 1.90. The summed E-state index contributed by atoms with van der Waals surface area (Å²) in [4.78, 5) is 10.2. The number of carbonyl (C=O) groups excluding carboxylic acids is 1. The Bertz CT molecular complexity index is 233. The average molecular weight is 235 g/mol. The third-order valence-corrected chi connectivity index (χ3v) is 1.38. The molecule has 0 aromatic heterocycles. The Morgan fingerprint density at radius 1 is 1.36 bits per heavy atom. The normalized spacial score (nSPS) is 8.09. The fraction of sp³-hybridized carbons (Fsp3) is 0.111. The number of hydrogen-bond acceptors (Lipinski definition) is 1. The maximum atomic E-state index is 10.2. The molecule has 0 bridgehead atoms. The average Bonchev–Trinajstić information content (AvgIpc) is 2.04. The van der Waals surface area contributed by atoms with Gasteiger partial charge in [0.25, 0.3) is 0 Å². The molecule has 0 radical (unpaired) electrons. The van der Waals surface area contributed by atoms with Crippen LogP contribution in [-0.2, 0) is 24.3 Å². The standard InChI is InChI=1S/C9H8O.Rh/c1-2-8-5-3-4-6-9(8)7-10;/h2-6H,1H3;/q-2;+3. The van der Waals surface area contributed by atoms with Crippen LogP contribution < -0.4 is 0 Å². The van der Waals surface area contributed by atoms with Crippen LogP contribution in [0.3, 0.4) is 0 Å². The van der Waals surface area contributed by atoms with Gasteiger partial charge in [0.1, 0.15) is 0 Å². The topological polar surface area (TPSA) is 17.1 Å². The molecule has 0 spiro atoms. The Balaban J connectivity index is 0.000001000. The summed E-state index contributed by atoms with van der Waals surface area (Å²) >= 11 is 0. The molecule has 58 valence electrons. The summed E-state index contributed by atoms with van der Waals surface area (Å²) in [5, 5.41) is 0. The van der Waals surface area contributed by atoms with Crippen molar-refractivity contribution >= 4 is 6.29 Å². The maximum absolute atomic E-state index is 10.2. The quantitative estimate of drug-likeness (QED) is 0.563. The molecule has 2 heteroatoms. The van der Waals surface area contributed by atoms with Crippen molar-refractivity contribution in [3.8, 4) is 0 Å². The smallest absolute Gasteiger partial charge is 0.391 e. The van der Waals surface area contributed by atoms with Crippen LogP contribution in [0, 0.1) is 6.42 Å². The first-order chi connectivity index (χ1) is 4.88. The van der Waals surface area contributed by atoms with Crippen molar-refractivity contribution in [3.05, 3.63) is 41.8 Å². The van der Waals surface area contributed by atoms with Crippen LogP contribution in [0.5, 0.6) is 0 Å². The molecule has 0 saturated heterocycles. The second-order valence-electron chi connectivity index (χ2n) is 1.98. The molecule has 0 N–H and O–H groups in total. The molecule has 0 atom stereocenters. The first-order valence-corrected chi connectivity index (χ1v) is 3.15. The van der Waals surface area contributed by atoms with E-state index in [4.69, 9.17) is 0 Å². The minimum atomic E-state index is 0. The Morgan fingerprint density at radius 2 is 2.00 bits per heavy atom. The van der Waals surface area contributed by atoms with Gasteiger partial charge in [0.2, 0.25) is 0 Å². The molecule has 0 saturated carbocycles. The van der Waals surface area contributed by atoms with Crippen molar-refractivity contribution in [1.29, 1.82) is 0 Å². The van der Waals surface area contributed by atoms with Gasteiger partial charge in [-0.05, 0) is 6.29 Å². The van der Waals surface area contributed by atoms with Crippen molar-refractivity contribution < 1.29 is 24.3 Å². The van der Waals surface area contributed by atoms with Crippen molar-refractivity contribution in [2.45, 2.75) is 6.92 Å². The summed E-state index contributed by atoms with van der Waals surface area (Å²) in [5.74, 6) is 0. The van der Waals surface area contributed by atoms with E-state index in [0.717, 1.165) is 5.56 Å². The van der Waals surface area contributed by atoms with E-state index in [2.05, 4.69) is 0 Å². The van der Waals surface area contributed by atoms with Gasteiger partial charge in [0.15, 0.2) is 0 Å². The van der Waals surface area contributed by atoms with Crippen LogP contribution >= 0.6 is 0 Å². The third-order valence-electron chi connectivity index (χ3n) is 1.38. The van der Waals surface area contributed by atoms with Crippen LogP contribution in [0.4, 0.5) is 0 Å². The predicted octanol–water partition coefficient (Wildman–Crippen LogP) is 1.71. The first kappa shape index (κ1) is 10.4. The molecule has 0 unspecified atom stereocenters. The Morgan fingerprint density at radius 3 is 2.45 bits per heavy atom. The minimum absolute atomic E-state index is 0. The molecule has 1 aromatic rings. The Kier molecular flexibility index (Phi) is 4.80. The summed E-state index contributed by atoms with van der Waals surface area (Å²) < 4.78 is 0. The predicted molar refractivity (Wildman–Crippen MR) is 40.3 cm³/mol. The summed E-state index contributed by atoms with van der Waals surface area (Å²) in [6, 6.07) is 7.37. The van der Waals surface area contributed by atoms with Gasteiger partial charge in [-0.15, -0.1) is 19.1 Å². The molecular weight excluding hydrogens is 227 g/mol. The molecule has 1 rings (SSSR count). The van der Waals surface area contributed by atoms with Gasteiger partial charge in [-0.1, -0.05) is 0 Å². The Hall–Kier alpha value is -0.617. The van der Waals surface area contributed by atoms with Crippen molar-refractivity contribution in [1.82, 2.24) is 0 Å². The summed E-state index contributed by atoms with van der Waals surface area (Å²) in [5.41, 5.74) is 1.57. The molecule has 0 aliphatic carbocycles. The monoisotopic (exact) mass is 235 g/mol. The summed E-state index contributed by atoms with van der Waals surface area (Å²) in [6.07, 6.45) is 3.75. The maximum Gasteiger partial charge on any atom is 3.00 e. The first-order valence-electron chi connectivity index (χ1n) is 3.15. The van der Waals surface area contributed by atoms with E-state index >= 15 is 0 Å². The van der Waals surface area contributed by atoms with E-state index in [1.165, 1.54) is 0 Å². The molecule has 0 amide bonds. The zero-order chi connectivity index (χ0) is 7.40. The van der Waals surface area contributed by atoms with E-state index in [-0.39, 0.29) is 19.5 Å². The van der Waals surface area contributed by atoms with Crippen molar-refractivity contribution in [2.24, 2.45) is 0 Å². The molecule has 1 nitrogen and oxygen atoms in total. The SMILES string of the molecule is C[CH-]c1ccccc1[C-]=O.[Rh+3]. The van der Waals surface area contributed by atoms with Gasteiger partial charge < -0.3 is 4.79 Å². The second kappa shape index (κ2) is 5.09. The third kappa shape index (κ3) is 2.47. The van der Waals surface area contributed by atoms with E-state index in [0.29, 0.717) is 5.56 Å². The van der Waals surface area contributed by atoms with Crippen LogP contribution in [0.2, 0.25) is 0 Å². The van der Waals surface area contributed by atoms with Gasteiger partial charge in [-0.2, -0.15) is 0 Å². The fourth-order valence-corrected chi connectivity index (χ4v) is 0.842. The minimum Gasteiger partial charge on any atom is -0.391 e. The molecule has 0 heterocycles. The largest absolute Gasteiger partial charge is 3.00 e. The van der Waals surface area contributed by atoms with E-state index < -0.39 is 0 Å². The van der Waals surface area contributed by atoms with E-state index in [9.17, 15) is 4.79 Å². The van der Waals surface area contributed by atoms with Crippen LogP contribution in [0.25, 0.3) is 0 Å². The van der Waals surface area contributed by atoms with Crippen LogP contribution in [0.15, 0.2) is 24.3 Å². The van der Waals surface area contributed by atoms with Crippen molar-refractivity contribution in [3.63, 3.8) is 0 Å². The molecule has 0 aliphatic rings.